The van der Waals surface area contributed by atoms with Gasteiger partial charge in [0.05, 0.1) is 0 Å². The minimum absolute atomic E-state index is 0.0462. The van der Waals surface area contributed by atoms with Crippen molar-refractivity contribution in [3.8, 4) is 0 Å². The highest BCUT2D eigenvalue weighted by Gasteiger charge is 2.43. The lowest BCUT2D eigenvalue weighted by Crippen LogP contribution is -2.31. The molecule has 0 radical (unpaired) electrons. The molecule has 34 heavy (non-hydrogen) atoms. The van der Waals surface area contributed by atoms with E-state index < -0.39 is 48.8 Å². The summed E-state index contributed by atoms with van der Waals surface area (Å²) in [6.45, 7) is 1.97. The predicted molar refractivity (Wildman–Crippen MR) is 101 cm³/mol. The Morgan fingerprint density at radius 2 is 1.12 bits per heavy atom. The largest absolute Gasteiger partial charge is 0.491 e. The van der Waals surface area contributed by atoms with Gasteiger partial charge in [-0.15, -0.1) is 0 Å². The Morgan fingerprint density at radius 1 is 0.676 bits per heavy atom. The third-order valence-corrected chi connectivity index (χ3v) is 3.84. The fourth-order valence-electron chi connectivity index (χ4n) is 2.35. The smallest absolute Gasteiger partial charge is 0.425 e. The van der Waals surface area contributed by atoms with E-state index in [2.05, 4.69) is 18.9 Å². The van der Waals surface area contributed by atoms with Gasteiger partial charge in [0.1, 0.15) is 0 Å². The van der Waals surface area contributed by atoms with Gasteiger partial charge in [-0.1, -0.05) is 31.8 Å². The van der Waals surface area contributed by atoms with Gasteiger partial charge >= 0.3 is 36.2 Å². The topological polar surface area (TPSA) is 105 Å². The molecule has 0 aromatic carbocycles. The van der Waals surface area contributed by atoms with Gasteiger partial charge < -0.3 is 18.9 Å². The molecule has 0 rings (SSSR count). The number of esters is 4. The molecule has 0 amide bonds. The summed E-state index contributed by atoms with van der Waals surface area (Å²) in [5.41, 5.74) is 0. The first-order valence-corrected chi connectivity index (χ1v) is 10.2. The Hall–Kier alpha value is -2.80. The van der Waals surface area contributed by atoms with Crippen molar-refractivity contribution in [1.29, 1.82) is 0 Å². The normalized spacial score (nSPS) is 13.8. The number of hydrogen-bond donors (Lipinski definition) is 0. The molecule has 0 aliphatic carbocycles. The maximum absolute atomic E-state index is 12.0. The second-order valence-electron chi connectivity index (χ2n) is 6.93. The first-order chi connectivity index (χ1) is 15.6. The molecule has 2 unspecified atom stereocenters. The van der Waals surface area contributed by atoms with Crippen molar-refractivity contribution in [1.82, 2.24) is 0 Å². The van der Waals surface area contributed by atoms with Crippen LogP contribution in [-0.4, -0.2) is 48.8 Å². The highest BCUT2D eigenvalue weighted by atomic mass is 19.4. The summed E-state index contributed by atoms with van der Waals surface area (Å²) < 4.78 is 89.0. The van der Waals surface area contributed by atoms with Crippen molar-refractivity contribution in [2.24, 2.45) is 0 Å². The summed E-state index contributed by atoms with van der Waals surface area (Å²) in [4.78, 5) is 44.1. The zero-order valence-corrected chi connectivity index (χ0v) is 18.5. The van der Waals surface area contributed by atoms with Gasteiger partial charge in [-0.05, 0) is 19.3 Å². The molecule has 0 spiro atoms. The zero-order chi connectivity index (χ0) is 26.4. The SMILES string of the molecule is CC(OC(=O)C=CCCCCCCCCC(=O)OC(C)OC(=O)C(F)(F)F)OC(=O)C(F)(F)F. The summed E-state index contributed by atoms with van der Waals surface area (Å²) in [5, 5.41) is 0. The van der Waals surface area contributed by atoms with E-state index in [1.807, 2.05) is 0 Å². The van der Waals surface area contributed by atoms with E-state index in [-0.39, 0.29) is 6.42 Å². The van der Waals surface area contributed by atoms with E-state index in [0.717, 1.165) is 39.2 Å². The maximum Gasteiger partial charge on any atom is 0.491 e. The molecule has 14 heteroatoms. The fourth-order valence-corrected chi connectivity index (χ4v) is 2.35. The monoisotopic (exact) mass is 508 g/mol. The summed E-state index contributed by atoms with van der Waals surface area (Å²) in [5.74, 6) is -6.66. The minimum atomic E-state index is -5.19. The quantitative estimate of drug-likeness (QED) is 0.110. The van der Waals surface area contributed by atoms with E-state index >= 15 is 0 Å². The Balaban J connectivity index is 3.78. The third-order valence-electron chi connectivity index (χ3n) is 3.84. The van der Waals surface area contributed by atoms with E-state index in [9.17, 15) is 45.5 Å². The van der Waals surface area contributed by atoms with Crippen LogP contribution in [0.4, 0.5) is 26.3 Å². The van der Waals surface area contributed by atoms with Crippen molar-refractivity contribution < 1.29 is 64.5 Å². The molecule has 0 bridgehead atoms. The van der Waals surface area contributed by atoms with Crippen LogP contribution >= 0.6 is 0 Å². The Bertz CT molecular complexity index is 702. The molecule has 0 aliphatic rings. The molecule has 0 saturated heterocycles. The van der Waals surface area contributed by atoms with Crippen LogP contribution in [0.25, 0.3) is 0 Å². The van der Waals surface area contributed by atoms with Crippen LogP contribution in [0.1, 0.15) is 65.2 Å². The van der Waals surface area contributed by atoms with Crippen molar-refractivity contribution in [2.45, 2.75) is 90.1 Å². The van der Waals surface area contributed by atoms with Gasteiger partial charge in [-0.25, -0.2) is 14.4 Å². The van der Waals surface area contributed by atoms with Crippen molar-refractivity contribution in [3.63, 3.8) is 0 Å². The maximum atomic E-state index is 12.0. The van der Waals surface area contributed by atoms with Crippen LogP contribution in [0.3, 0.4) is 0 Å². The highest BCUT2D eigenvalue weighted by molar-refractivity contribution is 5.82. The molecule has 0 aromatic heterocycles. The number of ether oxygens (including phenoxy) is 4. The lowest BCUT2D eigenvalue weighted by atomic mass is 10.1. The standard InChI is InChI=1S/C20H26F6O8/c1-13(33-17(29)19(21,22)23)31-15(27)11-9-7-5-3-4-6-8-10-12-16(28)32-14(2)34-18(30)20(24,25)26/h9,11,13-14H,3-8,10,12H2,1-2H3. The lowest BCUT2D eigenvalue weighted by Gasteiger charge is -2.15. The number of halogens is 6. The van der Waals surface area contributed by atoms with Crippen LogP contribution < -0.4 is 0 Å². The molecule has 8 nitrogen and oxygen atoms in total. The second-order valence-corrected chi connectivity index (χ2v) is 6.93. The molecular weight excluding hydrogens is 482 g/mol. The van der Waals surface area contributed by atoms with Crippen LogP contribution in [-0.2, 0) is 38.1 Å². The number of allylic oxidation sites excluding steroid dienone is 1. The molecule has 0 aliphatic heterocycles. The average molecular weight is 508 g/mol. The molecule has 2 atom stereocenters. The number of unbranched alkanes of at least 4 members (excludes halogenated alkanes) is 6. The van der Waals surface area contributed by atoms with Gasteiger partial charge in [0.25, 0.3) is 0 Å². The van der Waals surface area contributed by atoms with Crippen LogP contribution in [0.2, 0.25) is 0 Å². The van der Waals surface area contributed by atoms with Gasteiger partial charge in [-0.3, -0.25) is 4.79 Å². The number of hydrogen-bond acceptors (Lipinski definition) is 8. The van der Waals surface area contributed by atoms with Crippen molar-refractivity contribution in [3.05, 3.63) is 12.2 Å². The van der Waals surface area contributed by atoms with Crippen LogP contribution in [0, 0.1) is 0 Å². The Kier molecular flexibility index (Phi) is 13.9. The van der Waals surface area contributed by atoms with Crippen molar-refractivity contribution >= 4 is 23.9 Å². The zero-order valence-electron chi connectivity index (χ0n) is 18.5. The molecule has 0 heterocycles. The molecule has 0 N–H and O–H groups in total. The van der Waals surface area contributed by atoms with Crippen molar-refractivity contribution in [2.75, 3.05) is 0 Å². The van der Waals surface area contributed by atoms with E-state index in [4.69, 9.17) is 0 Å². The van der Waals surface area contributed by atoms with Gasteiger partial charge in [-0.2, -0.15) is 26.3 Å². The molecule has 196 valence electrons. The fraction of sp³-hybridized carbons (Fsp3) is 0.700. The molecule has 0 aromatic rings. The Morgan fingerprint density at radius 3 is 1.62 bits per heavy atom. The number of rotatable bonds is 14. The number of carbonyl (C=O) groups is 4. The Labute approximate surface area is 191 Å². The molecule has 0 fully saturated rings. The summed E-state index contributed by atoms with van der Waals surface area (Å²) in [6.07, 6.45) is -6.64. The number of carbonyl (C=O) groups excluding carboxylic acids is 4. The first-order valence-electron chi connectivity index (χ1n) is 10.2. The predicted octanol–water partition coefficient (Wildman–Crippen LogP) is 4.65. The highest BCUT2D eigenvalue weighted by Crippen LogP contribution is 2.19. The first kappa shape index (κ1) is 31.2. The second kappa shape index (κ2) is 15.2. The molecule has 0 saturated carbocycles. The summed E-state index contributed by atoms with van der Waals surface area (Å²) >= 11 is 0. The molecular formula is C20H26F6O8. The van der Waals surface area contributed by atoms with Gasteiger partial charge in [0.15, 0.2) is 0 Å². The van der Waals surface area contributed by atoms with Gasteiger partial charge in [0, 0.05) is 26.3 Å². The summed E-state index contributed by atoms with van der Waals surface area (Å²) in [7, 11) is 0. The third kappa shape index (κ3) is 15.9. The lowest BCUT2D eigenvalue weighted by molar-refractivity contribution is -0.223. The van der Waals surface area contributed by atoms with E-state index in [0.29, 0.717) is 25.7 Å². The average Bonchev–Trinajstić information content (AvgIpc) is 2.67. The van der Waals surface area contributed by atoms with Crippen LogP contribution in [0.5, 0.6) is 0 Å². The van der Waals surface area contributed by atoms with E-state index in [1.165, 1.54) is 6.08 Å². The summed E-state index contributed by atoms with van der Waals surface area (Å²) in [6, 6.07) is 0. The van der Waals surface area contributed by atoms with Crippen LogP contribution in [0.15, 0.2) is 12.2 Å². The van der Waals surface area contributed by atoms with E-state index in [1.54, 1.807) is 0 Å². The van der Waals surface area contributed by atoms with Gasteiger partial charge in [0.2, 0.25) is 12.6 Å². The number of alkyl halides is 6. The minimum Gasteiger partial charge on any atom is -0.425 e.